The van der Waals surface area contributed by atoms with Crippen LogP contribution in [0.3, 0.4) is 0 Å². The van der Waals surface area contributed by atoms with Crippen molar-refractivity contribution in [3.63, 3.8) is 0 Å². The number of fused-ring (bicyclic) bond motifs is 10. The van der Waals surface area contributed by atoms with Gasteiger partial charge in [-0.3, -0.25) is 0 Å². The highest BCUT2D eigenvalue weighted by Gasteiger charge is 2.48. The summed E-state index contributed by atoms with van der Waals surface area (Å²) in [5.41, 5.74) is 25.5. The normalized spacial score (nSPS) is 13.3. The van der Waals surface area contributed by atoms with E-state index < -0.39 is 10.8 Å². The molecule has 17 rings (SSSR count). The highest BCUT2D eigenvalue weighted by molar-refractivity contribution is 6.11. The SMILES string of the molecule is c1ccc(C2(c3ccccc3)c3ccccc3-c3ccc(N(c4cccc(-c5ccccc5-c5ccc6c7ccccc7n(-c7ccc8c(c7)C(c7ccccc7)(c7ccccc7)c7ccccc7-8)c6c5)c4)c4cccc5ccccc45)cc32)cc1. The fourth-order valence-electron chi connectivity index (χ4n) is 15.2. The van der Waals surface area contributed by atoms with Crippen LogP contribution in [0.2, 0.25) is 0 Å². The summed E-state index contributed by atoms with van der Waals surface area (Å²) in [5.74, 6) is 0. The van der Waals surface area contributed by atoms with Crippen molar-refractivity contribution in [2.45, 2.75) is 10.8 Å². The standard InChI is InChI=1S/C84H56N2/c1-5-28-60(29-6-1)83(61-30-7-2-8-31-61)76-43-20-17-40-70(76)72-51-48-65(55-78(72)83)85(80-46-24-26-57-25-13-14-39-69(57)80)64-36-23-27-58(53-64)67-37-15-16-38-68(67)59-47-50-75-74-42-19-22-45-81(74)86(82(75)54-59)66-49-52-73-71-41-18-21-44-77(71)84(79(73)56-66,62-32-9-3-10-33-62)63-34-11-4-12-35-63/h1-56H. The summed E-state index contributed by atoms with van der Waals surface area (Å²) in [6, 6.07) is 126. The summed E-state index contributed by atoms with van der Waals surface area (Å²) < 4.78 is 2.50. The van der Waals surface area contributed by atoms with Crippen LogP contribution in [0.1, 0.15) is 44.5 Å². The molecule has 0 aliphatic heterocycles. The van der Waals surface area contributed by atoms with Gasteiger partial charge in [0.05, 0.1) is 27.6 Å². The number of hydrogen-bond acceptors (Lipinski definition) is 1. The molecule has 2 aliphatic carbocycles. The third kappa shape index (κ3) is 7.33. The number of hydrogen-bond donors (Lipinski definition) is 0. The fourth-order valence-corrected chi connectivity index (χ4v) is 15.2. The van der Waals surface area contributed by atoms with Gasteiger partial charge < -0.3 is 9.47 Å². The molecule has 0 radical (unpaired) electrons. The highest BCUT2D eigenvalue weighted by atomic mass is 15.1. The second kappa shape index (κ2) is 19.8. The molecule has 0 bridgehead atoms. The Labute approximate surface area is 501 Å². The summed E-state index contributed by atoms with van der Waals surface area (Å²) in [5, 5.41) is 4.82. The van der Waals surface area contributed by atoms with Crippen LogP contribution in [0.5, 0.6) is 0 Å². The predicted octanol–water partition coefficient (Wildman–Crippen LogP) is 21.5. The highest BCUT2D eigenvalue weighted by Crippen LogP contribution is 2.59. The molecule has 0 spiro atoms. The number of benzene rings is 14. The maximum Gasteiger partial charge on any atom is 0.0714 e. The zero-order chi connectivity index (χ0) is 56.8. The lowest BCUT2D eigenvalue weighted by atomic mass is 9.67. The molecule has 0 N–H and O–H groups in total. The molecule has 0 amide bonds. The summed E-state index contributed by atoms with van der Waals surface area (Å²) in [7, 11) is 0. The molecule has 1 aromatic heterocycles. The van der Waals surface area contributed by atoms with Gasteiger partial charge in [-0.05, 0) is 149 Å². The van der Waals surface area contributed by atoms with Crippen molar-refractivity contribution in [3.05, 3.63) is 384 Å². The van der Waals surface area contributed by atoms with Gasteiger partial charge in [-0.15, -0.1) is 0 Å². The molecule has 0 saturated heterocycles. The topological polar surface area (TPSA) is 8.17 Å². The van der Waals surface area contributed by atoms with Crippen molar-refractivity contribution in [1.82, 2.24) is 4.57 Å². The first-order valence-electron chi connectivity index (χ1n) is 29.9. The Morgan fingerprint density at radius 2 is 0.686 bits per heavy atom. The number of nitrogens with zero attached hydrogens (tertiary/aromatic N) is 2. The van der Waals surface area contributed by atoms with E-state index in [0.29, 0.717) is 0 Å². The van der Waals surface area contributed by atoms with Gasteiger partial charge in [0.15, 0.2) is 0 Å². The molecule has 1 heterocycles. The van der Waals surface area contributed by atoms with Crippen molar-refractivity contribution in [2.24, 2.45) is 0 Å². The second-order valence-electron chi connectivity index (χ2n) is 23.0. The van der Waals surface area contributed by atoms with E-state index in [1.807, 2.05) is 0 Å². The van der Waals surface area contributed by atoms with Crippen molar-refractivity contribution in [2.75, 3.05) is 4.90 Å². The molecule has 2 aliphatic rings. The second-order valence-corrected chi connectivity index (χ2v) is 23.0. The van der Waals surface area contributed by atoms with Gasteiger partial charge in [0, 0.05) is 33.2 Å². The molecule has 402 valence electrons. The first-order valence-corrected chi connectivity index (χ1v) is 29.9. The Bertz CT molecular complexity index is 5030. The summed E-state index contributed by atoms with van der Waals surface area (Å²) >= 11 is 0. The van der Waals surface area contributed by atoms with E-state index in [2.05, 4.69) is 349 Å². The van der Waals surface area contributed by atoms with Crippen LogP contribution in [0.15, 0.2) is 340 Å². The average Bonchev–Trinajstić information content (AvgIpc) is 1.69. The number of para-hydroxylation sites is 1. The largest absolute Gasteiger partial charge is 0.310 e. The van der Waals surface area contributed by atoms with Gasteiger partial charge in [0.2, 0.25) is 0 Å². The summed E-state index contributed by atoms with van der Waals surface area (Å²) in [6.07, 6.45) is 0. The molecule has 86 heavy (non-hydrogen) atoms. The number of rotatable bonds is 10. The summed E-state index contributed by atoms with van der Waals surface area (Å²) in [6.45, 7) is 0. The van der Waals surface area contributed by atoms with Crippen LogP contribution in [-0.2, 0) is 10.8 Å². The Hall–Kier alpha value is -11.1. The van der Waals surface area contributed by atoms with Gasteiger partial charge in [-0.1, -0.05) is 285 Å². The van der Waals surface area contributed by atoms with Crippen molar-refractivity contribution < 1.29 is 0 Å². The Morgan fingerprint density at radius 1 is 0.244 bits per heavy atom. The van der Waals surface area contributed by atoms with Gasteiger partial charge >= 0.3 is 0 Å². The number of anilines is 3. The molecular formula is C84H56N2. The van der Waals surface area contributed by atoms with Crippen LogP contribution >= 0.6 is 0 Å². The van der Waals surface area contributed by atoms with E-state index in [1.165, 1.54) is 99.4 Å². The first-order chi connectivity index (χ1) is 42.7. The lowest BCUT2D eigenvalue weighted by molar-refractivity contribution is 0.767. The zero-order valence-corrected chi connectivity index (χ0v) is 47.2. The third-order valence-corrected chi connectivity index (χ3v) is 18.7. The Morgan fingerprint density at radius 3 is 1.30 bits per heavy atom. The van der Waals surface area contributed by atoms with E-state index in [-0.39, 0.29) is 0 Å². The van der Waals surface area contributed by atoms with Gasteiger partial charge in [-0.2, -0.15) is 0 Å². The van der Waals surface area contributed by atoms with Crippen LogP contribution in [0.4, 0.5) is 17.1 Å². The minimum atomic E-state index is -0.552. The van der Waals surface area contributed by atoms with Crippen LogP contribution in [-0.4, -0.2) is 4.57 Å². The molecule has 0 atom stereocenters. The molecule has 0 unspecified atom stereocenters. The van der Waals surface area contributed by atoms with E-state index in [1.54, 1.807) is 0 Å². The average molecular weight is 1090 g/mol. The van der Waals surface area contributed by atoms with Crippen molar-refractivity contribution >= 4 is 49.6 Å². The molecule has 0 fully saturated rings. The molecule has 15 aromatic rings. The van der Waals surface area contributed by atoms with E-state index in [4.69, 9.17) is 0 Å². The van der Waals surface area contributed by atoms with Gasteiger partial charge in [-0.25, -0.2) is 0 Å². The lowest BCUT2D eigenvalue weighted by Crippen LogP contribution is -2.28. The van der Waals surface area contributed by atoms with E-state index in [9.17, 15) is 0 Å². The molecular weight excluding hydrogens is 1040 g/mol. The molecule has 2 nitrogen and oxygen atoms in total. The monoisotopic (exact) mass is 1090 g/mol. The fraction of sp³-hybridized carbons (Fsp3) is 0.0238. The van der Waals surface area contributed by atoms with Gasteiger partial charge in [0.25, 0.3) is 0 Å². The minimum absolute atomic E-state index is 0.521. The Balaban J connectivity index is 0.836. The quantitative estimate of drug-likeness (QED) is 0.132. The maximum absolute atomic E-state index is 2.50. The van der Waals surface area contributed by atoms with Crippen LogP contribution in [0.25, 0.3) is 82.8 Å². The molecule has 0 saturated carbocycles. The lowest BCUT2D eigenvalue weighted by Gasteiger charge is -2.35. The number of aromatic nitrogens is 1. The predicted molar refractivity (Wildman–Crippen MR) is 358 cm³/mol. The van der Waals surface area contributed by atoms with E-state index in [0.717, 1.165) is 45.0 Å². The van der Waals surface area contributed by atoms with Crippen LogP contribution in [0, 0.1) is 0 Å². The van der Waals surface area contributed by atoms with E-state index >= 15 is 0 Å². The Kier molecular flexibility index (Phi) is 11.4. The van der Waals surface area contributed by atoms with Crippen LogP contribution < -0.4 is 4.90 Å². The maximum atomic E-state index is 2.50. The minimum Gasteiger partial charge on any atom is -0.310 e. The zero-order valence-electron chi connectivity index (χ0n) is 47.2. The smallest absolute Gasteiger partial charge is 0.0714 e. The third-order valence-electron chi connectivity index (χ3n) is 18.7. The molecule has 2 heteroatoms. The van der Waals surface area contributed by atoms with Crippen molar-refractivity contribution in [1.29, 1.82) is 0 Å². The van der Waals surface area contributed by atoms with Gasteiger partial charge in [0.1, 0.15) is 0 Å². The first kappa shape index (κ1) is 49.5. The summed E-state index contributed by atoms with van der Waals surface area (Å²) in [4.78, 5) is 2.49. The van der Waals surface area contributed by atoms with Crippen molar-refractivity contribution in [3.8, 4) is 50.2 Å². The molecule has 14 aromatic carbocycles.